The summed E-state index contributed by atoms with van der Waals surface area (Å²) in [6.45, 7) is 0.673. The lowest BCUT2D eigenvalue weighted by atomic mass is 10.1. The van der Waals surface area contributed by atoms with E-state index in [1.807, 2.05) is 0 Å². The van der Waals surface area contributed by atoms with Gasteiger partial charge in [0.25, 0.3) is 11.8 Å². The summed E-state index contributed by atoms with van der Waals surface area (Å²) in [5.74, 6) is -1.93. The number of aliphatic hydroxyl groups is 1. The number of rotatable bonds is 10. The quantitative estimate of drug-likeness (QED) is 0.323. The van der Waals surface area contributed by atoms with Gasteiger partial charge in [0.15, 0.2) is 0 Å². The standard InChI is InChI=1S/C23H22F6N2O5/c1-14(32)13-30-21(34)19(12-15-2-6-18(7-3-15)36-23(27,28)29)31-20(33)16-4-8-17(9-5-16)35-11-10-22(24,25)26/h2-9,12,14,32H,10-11,13H2,1H3,(H,30,34)(H,31,33)/t14-/m1/s1. The van der Waals surface area contributed by atoms with Crippen LogP contribution in [-0.4, -0.2) is 48.7 Å². The molecule has 7 nitrogen and oxygen atoms in total. The predicted octanol–water partition coefficient (Wildman–Crippen LogP) is 4.18. The van der Waals surface area contributed by atoms with Crippen LogP contribution in [0.2, 0.25) is 0 Å². The Labute approximate surface area is 201 Å². The van der Waals surface area contributed by atoms with E-state index in [9.17, 15) is 41.0 Å². The zero-order chi connectivity index (χ0) is 26.9. The fourth-order valence-electron chi connectivity index (χ4n) is 2.61. The molecule has 0 spiro atoms. The summed E-state index contributed by atoms with van der Waals surface area (Å²) in [6.07, 6.45) is -10.1. The Hall–Kier alpha value is -3.74. The maximum atomic E-state index is 12.6. The molecule has 2 amide bonds. The maximum Gasteiger partial charge on any atom is 0.573 e. The van der Waals surface area contributed by atoms with Gasteiger partial charge in [0, 0.05) is 12.1 Å². The Balaban J connectivity index is 2.15. The summed E-state index contributed by atoms with van der Waals surface area (Å²) in [6, 6.07) is 9.58. The van der Waals surface area contributed by atoms with Crippen molar-refractivity contribution in [2.45, 2.75) is 32.0 Å². The van der Waals surface area contributed by atoms with E-state index >= 15 is 0 Å². The van der Waals surface area contributed by atoms with Crippen molar-refractivity contribution in [3.05, 3.63) is 65.4 Å². The minimum atomic E-state index is -4.88. The van der Waals surface area contributed by atoms with Gasteiger partial charge in [0.2, 0.25) is 0 Å². The Morgan fingerprint density at radius 3 is 2.08 bits per heavy atom. The molecule has 196 valence electrons. The van der Waals surface area contributed by atoms with Crippen LogP contribution >= 0.6 is 0 Å². The molecule has 1 atom stereocenters. The predicted molar refractivity (Wildman–Crippen MR) is 116 cm³/mol. The second kappa shape index (κ2) is 12.3. The largest absolute Gasteiger partial charge is 0.573 e. The van der Waals surface area contributed by atoms with E-state index in [2.05, 4.69) is 15.4 Å². The molecule has 0 aliphatic rings. The molecule has 0 bridgehead atoms. The van der Waals surface area contributed by atoms with Gasteiger partial charge in [-0.2, -0.15) is 13.2 Å². The van der Waals surface area contributed by atoms with Crippen molar-refractivity contribution in [2.24, 2.45) is 0 Å². The molecule has 0 saturated heterocycles. The highest BCUT2D eigenvalue weighted by Gasteiger charge is 2.31. The Kier molecular flexibility index (Phi) is 9.73. The second-order valence-electron chi connectivity index (χ2n) is 7.43. The number of aliphatic hydroxyl groups excluding tert-OH is 1. The minimum absolute atomic E-state index is 0.0429. The zero-order valence-corrected chi connectivity index (χ0v) is 18.7. The van der Waals surface area contributed by atoms with E-state index in [1.54, 1.807) is 0 Å². The molecule has 13 heteroatoms. The van der Waals surface area contributed by atoms with E-state index in [0.29, 0.717) is 0 Å². The first kappa shape index (κ1) is 28.5. The van der Waals surface area contributed by atoms with Gasteiger partial charge in [-0.05, 0) is 55.0 Å². The lowest BCUT2D eigenvalue weighted by Gasteiger charge is -2.13. The summed E-state index contributed by atoms with van der Waals surface area (Å²) in [4.78, 5) is 25.2. The molecule has 0 radical (unpaired) electrons. The molecule has 0 aromatic heterocycles. The highest BCUT2D eigenvalue weighted by molar-refractivity contribution is 6.05. The van der Waals surface area contributed by atoms with Crippen LogP contribution in [0.3, 0.4) is 0 Å². The van der Waals surface area contributed by atoms with Gasteiger partial charge in [-0.3, -0.25) is 9.59 Å². The summed E-state index contributed by atoms with van der Waals surface area (Å²) in [5, 5.41) is 14.1. The average molecular weight is 520 g/mol. The van der Waals surface area contributed by atoms with Crippen LogP contribution in [0.5, 0.6) is 11.5 Å². The number of hydrogen-bond donors (Lipinski definition) is 3. The Morgan fingerprint density at radius 2 is 1.56 bits per heavy atom. The molecular weight excluding hydrogens is 498 g/mol. The molecule has 0 aliphatic heterocycles. The lowest BCUT2D eigenvalue weighted by Crippen LogP contribution is -2.37. The van der Waals surface area contributed by atoms with Crippen molar-refractivity contribution < 1.29 is 50.5 Å². The molecular formula is C23H22F6N2O5. The van der Waals surface area contributed by atoms with Crippen LogP contribution in [0.25, 0.3) is 6.08 Å². The van der Waals surface area contributed by atoms with Crippen molar-refractivity contribution in [3.63, 3.8) is 0 Å². The minimum Gasteiger partial charge on any atom is -0.493 e. The molecule has 2 rings (SSSR count). The van der Waals surface area contributed by atoms with Gasteiger partial charge in [-0.1, -0.05) is 12.1 Å². The third kappa shape index (κ3) is 10.7. The topological polar surface area (TPSA) is 96.9 Å². The average Bonchev–Trinajstić information content (AvgIpc) is 2.76. The molecule has 0 heterocycles. The highest BCUT2D eigenvalue weighted by atomic mass is 19.4. The second-order valence-corrected chi connectivity index (χ2v) is 7.43. The molecule has 2 aromatic rings. The number of hydrogen-bond acceptors (Lipinski definition) is 5. The SMILES string of the molecule is C[C@@H](O)CNC(=O)C(=Cc1ccc(OC(F)(F)F)cc1)NC(=O)c1ccc(OCCC(F)(F)F)cc1. The van der Waals surface area contributed by atoms with Gasteiger partial charge in [0.1, 0.15) is 17.2 Å². The zero-order valence-electron chi connectivity index (χ0n) is 18.7. The Bertz CT molecular complexity index is 1050. The number of alkyl halides is 6. The molecule has 0 saturated carbocycles. The molecule has 0 fully saturated rings. The molecule has 3 N–H and O–H groups in total. The normalized spacial score (nSPS) is 13.1. The van der Waals surface area contributed by atoms with Crippen molar-refractivity contribution in [2.75, 3.05) is 13.2 Å². The van der Waals surface area contributed by atoms with E-state index in [0.717, 1.165) is 12.1 Å². The summed E-state index contributed by atoms with van der Waals surface area (Å²) in [7, 11) is 0. The smallest absolute Gasteiger partial charge is 0.493 e. The first-order valence-corrected chi connectivity index (χ1v) is 10.4. The fraction of sp³-hybridized carbons (Fsp3) is 0.304. The number of amides is 2. The van der Waals surface area contributed by atoms with Gasteiger partial charge < -0.3 is 25.2 Å². The summed E-state index contributed by atoms with van der Waals surface area (Å²) >= 11 is 0. The van der Waals surface area contributed by atoms with Crippen molar-refractivity contribution in [1.82, 2.24) is 10.6 Å². The van der Waals surface area contributed by atoms with Crippen LogP contribution in [0.1, 0.15) is 29.3 Å². The number of benzene rings is 2. The monoisotopic (exact) mass is 520 g/mol. The highest BCUT2D eigenvalue weighted by Crippen LogP contribution is 2.23. The van der Waals surface area contributed by atoms with Crippen LogP contribution < -0.4 is 20.1 Å². The lowest BCUT2D eigenvalue weighted by molar-refractivity contribution is -0.274. The number of nitrogens with one attached hydrogen (secondary N) is 2. The third-order valence-electron chi connectivity index (χ3n) is 4.25. The molecule has 36 heavy (non-hydrogen) atoms. The van der Waals surface area contributed by atoms with E-state index in [4.69, 9.17) is 4.74 Å². The van der Waals surface area contributed by atoms with Gasteiger partial charge in [0.05, 0.1) is 19.1 Å². The van der Waals surface area contributed by atoms with Crippen LogP contribution in [-0.2, 0) is 4.79 Å². The molecule has 2 aromatic carbocycles. The third-order valence-corrected chi connectivity index (χ3v) is 4.25. The number of halogens is 6. The first-order valence-electron chi connectivity index (χ1n) is 10.4. The number of carbonyl (C=O) groups excluding carboxylic acids is 2. The van der Waals surface area contributed by atoms with E-state index < -0.39 is 49.2 Å². The Morgan fingerprint density at radius 1 is 0.972 bits per heavy atom. The fourth-order valence-corrected chi connectivity index (χ4v) is 2.61. The van der Waals surface area contributed by atoms with Crippen LogP contribution in [0.15, 0.2) is 54.2 Å². The number of ether oxygens (including phenoxy) is 2. The number of carbonyl (C=O) groups is 2. The summed E-state index contributed by atoms with van der Waals surface area (Å²) in [5.41, 5.74) is 0.0115. The van der Waals surface area contributed by atoms with Crippen molar-refractivity contribution in [1.29, 1.82) is 0 Å². The van der Waals surface area contributed by atoms with Crippen LogP contribution in [0.4, 0.5) is 26.3 Å². The van der Waals surface area contributed by atoms with Gasteiger partial charge >= 0.3 is 12.5 Å². The maximum absolute atomic E-state index is 12.6. The first-order chi connectivity index (χ1) is 16.7. The molecule has 0 aliphatic carbocycles. The van der Waals surface area contributed by atoms with E-state index in [1.165, 1.54) is 49.4 Å². The van der Waals surface area contributed by atoms with Crippen LogP contribution in [0, 0.1) is 0 Å². The van der Waals surface area contributed by atoms with Gasteiger partial charge in [-0.25, -0.2) is 0 Å². The van der Waals surface area contributed by atoms with Crippen molar-refractivity contribution in [3.8, 4) is 11.5 Å². The van der Waals surface area contributed by atoms with E-state index in [-0.39, 0.29) is 29.1 Å². The van der Waals surface area contributed by atoms with Crippen molar-refractivity contribution >= 4 is 17.9 Å². The molecule has 0 unspecified atom stereocenters. The summed E-state index contributed by atoms with van der Waals surface area (Å²) < 4.78 is 82.4. The van der Waals surface area contributed by atoms with Gasteiger partial charge in [-0.15, -0.1) is 13.2 Å².